The number of rotatable bonds is 4. The Morgan fingerprint density at radius 1 is 1.17 bits per heavy atom. The number of fused-ring (bicyclic) bond motifs is 2. The van der Waals surface area contributed by atoms with E-state index in [0.29, 0.717) is 18.1 Å². The molecule has 1 amide bonds. The van der Waals surface area contributed by atoms with Gasteiger partial charge in [-0.1, -0.05) is 0 Å². The van der Waals surface area contributed by atoms with Crippen molar-refractivity contribution in [1.82, 2.24) is 24.8 Å². The molecule has 0 bridgehead atoms. The Kier molecular flexibility index (Phi) is 5.10. The number of aryl methyl sites for hydroxylation is 1. The molecule has 1 N–H and O–H groups in total. The Bertz CT molecular complexity index is 892. The average Bonchev–Trinajstić information content (AvgIpc) is 3.05. The summed E-state index contributed by atoms with van der Waals surface area (Å²) in [6.45, 7) is 5.50. The van der Waals surface area contributed by atoms with Crippen LogP contribution < -0.4 is 10.2 Å². The molecule has 8 nitrogen and oxygen atoms in total. The summed E-state index contributed by atoms with van der Waals surface area (Å²) in [7, 11) is 3.91. The maximum atomic E-state index is 13.1. The van der Waals surface area contributed by atoms with Gasteiger partial charge in [-0.05, 0) is 45.1 Å². The van der Waals surface area contributed by atoms with Crippen LogP contribution in [0.3, 0.4) is 0 Å². The molecule has 1 saturated heterocycles. The molecule has 1 aliphatic heterocycles. The van der Waals surface area contributed by atoms with Crippen LogP contribution in [-0.2, 0) is 11.8 Å². The quantitative estimate of drug-likeness (QED) is 0.850. The van der Waals surface area contributed by atoms with E-state index in [1.807, 2.05) is 43.9 Å². The number of carbonyl (C=O) groups is 1. The standard InChI is InChI=1S/C21H29N7O/c1-14(2)25-19-22-11-16(12-23-19)18(29)28-9-5-7-21(13-28)8-6-15-10-24-20(27(3)4)26-17(15)21/h10-12,14H,5-9,13H2,1-4H3,(H,22,23,25). The predicted molar refractivity (Wildman–Crippen MR) is 112 cm³/mol. The van der Waals surface area contributed by atoms with Crippen molar-refractivity contribution < 1.29 is 4.79 Å². The zero-order chi connectivity index (χ0) is 20.6. The van der Waals surface area contributed by atoms with Crippen LogP contribution in [0, 0.1) is 0 Å². The van der Waals surface area contributed by atoms with E-state index in [0.717, 1.165) is 43.9 Å². The van der Waals surface area contributed by atoms with Gasteiger partial charge < -0.3 is 15.1 Å². The number of hydrogen-bond acceptors (Lipinski definition) is 7. The number of nitrogens with one attached hydrogen (secondary N) is 1. The summed E-state index contributed by atoms with van der Waals surface area (Å²) in [5.74, 6) is 1.27. The molecule has 2 aromatic rings. The Morgan fingerprint density at radius 3 is 2.62 bits per heavy atom. The minimum absolute atomic E-state index is 0.00416. The lowest BCUT2D eigenvalue weighted by Gasteiger charge is -2.40. The van der Waals surface area contributed by atoms with E-state index in [-0.39, 0.29) is 17.4 Å². The summed E-state index contributed by atoms with van der Waals surface area (Å²) in [4.78, 5) is 35.0. The van der Waals surface area contributed by atoms with Crippen LogP contribution in [0.4, 0.5) is 11.9 Å². The summed E-state index contributed by atoms with van der Waals surface area (Å²) in [5.41, 5.74) is 2.81. The first-order chi connectivity index (χ1) is 13.9. The molecule has 1 atom stereocenters. The molecule has 2 aliphatic rings. The van der Waals surface area contributed by atoms with E-state index in [1.165, 1.54) is 5.56 Å². The predicted octanol–water partition coefficient (Wildman–Crippen LogP) is 2.27. The van der Waals surface area contributed by atoms with Crippen LogP contribution in [-0.4, -0.2) is 64.0 Å². The Balaban J connectivity index is 1.55. The fourth-order valence-corrected chi connectivity index (χ4v) is 4.40. The first-order valence-corrected chi connectivity index (χ1v) is 10.3. The number of hydrogen-bond donors (Lipinski definition) is 1. The van der Waals surface area contributed by atoms with Crippen molar-refractivity contribution in [2.24, 2.45) is 0 Å². The minimum atomic E-state index is -0.0725. The van der Waals surface area contributed by atoms with E-state index in [9.17, 15) is 4.79 Å². The van der Waals surface area contributed by atoms with Crippen LogP contribution in [0.1, 0.15) is 54.7 Å². The molecule has 29 heavy (non-hydrogen) atoms. The van der Waals surface area contributed by atoms with Gasteiger partial charge in [-0.25, -0.2) is 19.9 Å². The molecule has 0 saturated carbocycles. The topological polar surface area (TPSA) is 87.1 Å². The molecule has 0 aromatic carbocycles. The second-order valence-corrected chi connectivity index (χ2v) is 8.64. The van der Waals surface area contributed by atoms with Gasteiger partial charge in [0.15, 0.2) is 0 Å². The molecule has 1 spiro atoms. The van der Waals surface area contributed by atoms with Gasteiger partial charge in [-0.15, -0.1) is 0 Å². The molecule has 1 aliphatic carbocycles. The molecule has 4 rings (SSSR count). The summed E-state index contributed by atoms with van der Waals surface area (Å²) < 4.78 is 0. The van der Waals surface area contributed by atoms with Crippen LogP contribution in [0.2, 0.25) is 0 Å². The van der Waals surface area contributed by atoms with Crippen LogP contribution >= 0.6 is 0 Å². The van der Waals surface area contributed by atoms with Gasteiger partial charge in [0.25, 0.3) is 5.91 Å². The molecule has 3 heterocycles. The van der Waals surface area contributed by atoms with Gasteiger partial charge in [0.05, 0.1) is 11.3 Å². The van der Waals surface area contributed by atoms with Gasteiger partial charge >= 0.3 is 0 Å². The van der Waals surface area contributed by atoms with E-state index >= 15 is 0 Å². The zero-order valence-electron chi connectivity index (χ0n) is 17.6. The fourth-order valence-electron chi connectivity index (χ4n) is 4.40. The lowest BCUT2D eigenvalue weighted by Crippen LogP contribution is -2.48. The fraction of sp³-hybridized carbons (Fsp3) is 0.571. The first-order valence-electron chi connectivity index (χ1n) is 10.3. The minimum Gasteiger partial charge on any atom is -0.352 e. The molecule has 2 aromatic heterocycles. The Morgan fingerprint density at radius 2 is 1.93 bits per heavy atom. The van der Waals surface area contributed by atoms with Crippen molar-refractivity contribution in [2.45, 2.75) is 51.0 Å². The number of nitrogens with zero attached hydrogens (tertiary/aromatic N) is 6. The van der Waals surface area contributed by atoms with Crippen LogP contribution in [0.5, 0.6) is 0 Å². The van der Waals surface area contributed by atoms with Crippen molar-refractivity contribution in [2.75, 3.05) is 37.4 Å². The molecule has 8 heteroatoms. The second kappa shape index (κ2) is 7.57. The van der Waals surface area contributed by atoms with E-state index in [4.69, 9.17) is 4.98 Å². The van der Waals surface area contributed by atoms with Crippen molar-refractivity contribution >= 4 is 17.8 Å². The second-order valence-electron chi connectivity index (χ2n) is 8.64. The third kappa shape index (κ3) is 3.75. The largest absolute Gasteiger partial charge is 0.352 e. The number of likely N-dealkylation sites (tertiary alicyclic amines) is 1. The number of carbonyl (C=O) groups excluding carboxylic acids is 1. The van der Waals surface area contributed by atoms with Gasteiger partial charge in [-0.3, -0.25) is 4.79 Å². The van der Waals surface area contributed by atoms with Gasteiger partial charge in [0.2, 0.25) is 11.9 Å². The summed E-state index contributed by atoms with van der Waals surface area (Å²) in [5, 5.41) is 3.15. The van der Waals surface area contributed by atoms with E-state index < -0.39 is 0 Å². The number of anilines is 2. The summed E-state index contributed by atoms with van der Waals surface area (Å²) >= 11 is 0. The number of piperidine rings is 1. The lowest BCUT2D eigenvalue weighted by molar-refractivity contribution is 0.0632. The highest BCUT2D eigenvalue weighted by atomic mass is 16.2. The van der Waals surface area contributed by atoms with Crippen molar-refractivity contribution in [3.63, 3.8) is 0 Å². The van der Waals surface area contributed by atoms with Gasteiger partial charge in [0.1, 0.15) is 0 Å². The summed E-state index contributed by atoms with van der Waals surface area (Å²) in [6, 6.07) is 0.245. The Labute approximate surface area is 171 Å². The van der Waals surface area contributed by atoms with Crippen molar-refractivity contribution in [3.05, 3.63) is 35.4 Å². The van der Waals surface area contributed by atoms with E-state index in [2.05, 4.69) is 20.3 Å². The summed E-state index contributed by atoms with van der Waals surface area (Å²) in [6.07, 6.45) is 9.23. The molecule has 1 fully saturated rings. The third-order valence-electron chi connectivity index (χ3n) is 5.81. The van der Waals surface area contributed by atoms with E-state index in [1.54, 1.807) is 12.4 Å². The smallest absolute Gasteiger partial charge is 0.257 e. The van der Waals surface area contributed by atoms with Crippen molar-refractivity contribution in [3.8, 4) is 0 Å². The molecular weight excluding hydrogens is 366 g/mol. The highest BCUT2D eigenvalue weighted by molar-refractivity contribution is 5.93. The highest BCUT2D eigenvalue weighted by Crippen LogP contribution is 2.44. The SMILES string of the molecule is CC(C)Nc1ncc(C(=O)N2CCCC3(CCc4cnc(N(C)C)nc43)C2)cn1. The molecule has 1 unspecified atom stereocenters. The maximum absolute atomic E-state index is 13.1. The number of aromatic nitrogens is 4. The van der Waals surface area contributed by atoms with Crippen LogP contribution in [0.25, 0.3) is 0 Å². The van der Waals surface area contributed by atoms with Crippen LogP contribution in [0.15, 0.2) is 18.6 Å². The number of amides is 1. The zero-order valence-corrected chi connectivity index (χ0v) is 17.6. The third-order valence-corrected chi connectivity index (χ3v) is 5.81. The monoisotopic (exact) mass is 395 g/mol. The molecular formula is C21H29N7O. The average molecular weight is 396 g/mol. The maximum Gasteiger partial charge on any atom is 0.257 e. The first kappa shape index (κ1) is 19.5. The normalized spacial score (nSPS) is 20.8. The molecule has 154 valence electrons. The Hall–Kier alpha value is -2.77. The lowest BCUT2D eigenvalue weighted by atomic mass is 9.77. The van der Waals surface area contributed by atoms with Gasteiger partial charge in [0, 0.05) is 57.2 Å². The van der Waals surface area contributed by atoms with Crippen molar-refractivity contribution in [1.29, 1.82) is 0 Å². The molecule has 0 radical (unpaired) electrons. The highest BCUT2D eigenvalue weighted by Gasteiger charge is 2.45. The van der Waals surface area contributed by atoms with Gasteiger partial charge in [-0.2, -0.15) is 0 Å².